The molecule has 9 heteroatoms. The summed E-state index contributed by atoms with van der Waals surface area (Å²) in [5.74, 6) is -0.354. The number of anilines is 2. The van der Waals surface area contributed by atoms with Gasteiger partial charge in [0.05, 0.1) is 12.1 Å². The van der Waals surface area contributed by atoms with Crippen LogP contribution in [0.2, 0.25) is 0 Å². The van der Waals surface area contributed by atoms with Crippen molar-refractivity contribution in [3.63, 3.8) is 0 Å². The molecule has 0 spiro atoms. The maximum atomic E-state index is 13.5. The van der Waals surface area contributed by atoms with Gasteiger partial charge in [0.1, 0.15) is 6.04 Å². The number of rotatable bonds is 8. The summed E-state index contributed by atoms with van der Waals surface area (Å²) in [7, 11) is 2.15. The fourth-order valence-corrected chi connectivity index (χ4v) is 5.15. The molecule has 2 amide bonds. The van der Waals surface area contributed by atoms with E-state index < -0.39 is 6.04 Å². The van der Waals surface area contributed by atoms with E-state index in [4.69, 9.17) is 12.2 Å². The van der Waals surface area contributed by atoms with Gasteiger partial charge in [-0.1, -0.05) is 33.6 Å². The first-order valence-electron chi connectivity index (χ1n) is 12.0. The quantitative estimate of drug-likeness (QED) is 0.499. The number of thiocarbonyl (C=S) groups is 1. The fourth-order valence-electron chi connectivity index (χ4n) is 4.48. The van der Waals surface area contributed by atoms with Gasteiger partial charge in [0, 0.05) is 42.9 Å². The van der Waals surface area contributed by atoms with E-state index in [0.29, 0.717) is 17.3 Å². The van der Waals surface area contributed by atoms with Gasteiger partial charge in [-0.3, -0.25) is 14.5 Å². The second-order valence-corrected chi connectivity index (χ2v) is 10.5. The Balaban J connectivity index is 1.46. The number of piperazine rings is 1. The number of halogens is 1. The highest BCUT2D eigenvalue weighted by Crippen LogP contribution is 2.28. The van der Waals surface area contributed by atoms with Crippen LogP contribution in [0, 0.1) is 6.92 Å². The van der Waals surface area contributed by atoms with Crippen LogP contribution in [0.3, 0.4) is 0 Å². The van der Waals surface area contributed by atoms with E-state index in [1.165, 1.54) is 0 Å². The second kappa shape index (κ2) is 11.6. The summed E-state index contributed by atoms with van der Waals surface area (Å²) in [4.78, 5) is 34.8. The van der Waals surface area contributed by atoms with E-state index in [1.54, 1.807) is 4.90 Å². The Morgan fingerprint density at radius 2 is 1.69 bits per heavy atom. The Kier molecular flexibility index (Phi) is 8.54. The third-order valence-corrected chi connectivity index (χ3v) is 7.53. The Morgan fingerprint density at radius 3 is 2.34 bits per heavy atom. The lowest BCUT2D eigenvalue weighted by molar-refractivity contribution is -0.124. The van der Waals surface area contributed by atoms with Crippen LogP contribution in [0.4, 0.5) is 11.4 Å². The molecule has 0 aliphatic carbocycles. The molecule has 0 bridgehead atoms. The van der Waals surface area contributed by atoms with Crippen molar-refractivity contribution in [3.05, 3.63) is 58.6 Å². The topological polar surface area (TPSA) is 59.1 Å². The number of carbonyl (C=O) groups is 2. The van der Waals surface area contributed by atoms with Crippen LogP contribution < -0.4 is 10.2 Å². The van der Waals surface area contributed by atoms with Gasteiger partial charge in [0.15, 0.2) is 5.11 Å². The van der Waals surface area contributed by atoms with E-state index in [1.807, 2.05) is 60.4 Å². The molecule has 0 saturated carbocycles. The Bertz CT molecular complexity index is 1050. The SMILES string of the molecule is Cc1ccc(N2C(=O)C(CC(=O)Nc3ccc(Br)cc3)N(CCCN3CCN(C)CC3)C2=S)cc1. The van der Waals surface area contributed by atoms with Crippen LogP contribution in [-0.2, 0) is 9.59 Å². The molecule has 2 aliphatic rings. The number of hydrogen-bond donors (Lipinski definition) is 1. The maximum absolute atomic E-state index is 13.5. The van der Waals surface area contributed by atoms with Gasteiger partial charge in [-0.2, -0.15) is 0 Å². The predicted molar refractivity (Wildman–Crippen MR) is 148 cm³/mol. The van der Waals surface area contributed by atoms with E-state index >= 15 is 0 Å². The van der Waals surface area contributed by atoms with Crippen LogP contribution in [0.1, 0.15) is 18.4 Å². The molecule has 2 aliphatic heterocycles. The van der Waals surface area contributed by atoms with Gasteiger partial charge in [-0.05, 0) is 75.6 Å². The van der Waals surface area contributed by atoms with Crippen molar-refractivity contribution in [1.82, 2.24) is 14.7 Å². The molecule has 4 rings (SSSR count). The monoisotopic (exact) mass is 557 g/mol. The third-order valence-electron chi connectivity index (χ3n) is 6.59. The molecule has 186 valence electrons. The summed E-state index contributed by atoms with van der Waals surface area (Å²) >= 11 is 9.19. The first-order chi connectivity index (χ1) is 16.8. The van der Waals surface area contributed by atoms with E-state index in [-0.39, 0.29) is 18.2 Å². The molecular weight excluding hydrogens is 526 g/mol. The number of nitrogens with one attached hydrogen (secondary N) is 1. The number of likely N-dealkylation sites (N-methyl/N-ethyl adjacent to an activating group) is 1. The van der Waals surface area contributed by atoms with Crippen LogP contribution in [0.25, 0.3) is 0 Å². The van der Waals surface area contributed by atoms with E-state index in [2.05, 4.69) is 38.1 Å². The number of aryl methyl sites for hydroxylation is 1. The molecule has 0 radical (unpaired) electrons. The maximum Gasteiger partial charge on any atom is 0.256 e. The molecule has 2 aromatic rings. The van der Waals surface area contributed by atoms with Crippen molar-refractivity contribution in [1.29, 1.82) is 0 Å². The highest BCUT2D eigenvalue weighted by Gasteiger charge is 2.43. The zero-order valence-corrected chi connectivity index (χ0v) is 22.6. The fraction of sp³-hybridized carbons (Fsp3) is 0.423. The molecule has 1 atom stereocenters. The molecule has 1 unspecified atom stereocenters. The van der Waals surface area contributed by atoms with E-state index in [0.717, 1.165) is 54.9 Å². The molecule has 1 N–H and O–H groups in total. The average molecular weight is 559 g/mol. The number of hydrogen-bond acceptors (Lipinski definition) is 5. The minimum Gasteiger partial charge on any atom is -0.336 e. The molecular formula is C26H32BrN5O2S. The van der Waals surface area contributed by atoms with Crippen molar-refractivity contribution >= 4 is 56.4 Å². The normalized spacial score (nSPS) is 19.5. The zero-order chi connectivity index (χ0) is 24.9. The standard InChI is InChI=1S/C26H32BrN5O2S/c1-19-4-10-22(11-5-19)32-25(34)23(18-24(33)28-21-8-6-20(27)7-9-21)31(26(32)35)13-3-12-30-16-14-29(2)15-17-30/h4-11,23H,3,12-18H2,1-2H3,(H,28,33). The molecule has 2 saturated heterocycles. The molecule has 35 heavy (non-hydrogen) atoms. The first-order valence-corrected chi connectivity index (χ1v) is 13.2. The highest BCUT2D eigenvalue weighted by atomic mass is 79.9. The van der Waals surface area contributed by atoms with Gasteiger partial charge < -0.3 is 20.0 Å². The summed E-state index contributed by atoms with van der Waals surface area (Å²) < 4.78 is 0.937. The summed E-state index contributed by atoms with van der Waals surface area (Å²) in [5.41, 5.74) is 2.55. The van der Waals surface area contributed by atoms with Crippen molar-refractivity contribution in [2.75, 3.05) is 56.5 Å². The summed E-state index contributed by atoms with van der Waals surface area (Å²) in [6.45, 7) is 7.83. The number of amides is 2. The van der Waals surface area contributed by atoms with Crippen LogP contribution >= 0.6 is 28.1 Å². The van der Waals surface area contributed by atoms with Crippen molar-refractivity contribution in [2.45, 2.75) is 25.8 Å². The third kappa shape index (κ3) is 6.46. The first kappa shape index (κ1) is 25.8. The number of carbonyl (C=O) groups excluding carboxylic acids is 2. The lowest BCUT2D eigenvalue weighted by Crippen LogP contribution is -2.45. The second-order valence-electron chi connectivity index (χ2n) is 9.26. The highest BCUT2D eigenvalue weighted by molar-refractivity contribution is 9.10. The Morgan fingerprint density at radius 1 is 1.03 bits per heavy atom. The van der Waals surface area contributed by atoms with Crippen LogP contribution in [0.5, 0.6) is 0 Å². The Labute approximate surface area is 221 Å². The van der Waals surface area contributed by atoms with Gasteiger partial charge in [-0.15, -0.1) is 0 Å². The Hall–Kier alpha value is -2.33. The summed E-state index contributed by atoms with van der Waals surface area (Å²) in [6.07, 6.45) is 0.926. The van der Waals surface area contributed by atoms with Crippen LogP contribution in [0.15, 0.2) is 53.0 Å². The molecule has 2 heterocycles. The largest absolute Gasteiger partial charge is 0.336 e. The smallest absolute Gasteiger partial charge is 0.256 e. The minimum absolute atomic E-state index is 0.0475. The zero-order valence-electron chi connectivity index (χ0n) is 20.2. The van der Waals surface area contributed by atoms with E-state index in [9.17, 15) is 9.59 Å². The predicted octanol–water partition coefficient (Wildman–Crippen LogP) is 3.73. The molecule has 0 aromatic heterocycles. The lowest BCUT2D eigenvalue weighted by Gasteiger charge is -2.33. The average Bonchev–Trinajstić information content (AvgIpc) is 3.06. The molecule has 7 nitrogen and oxygen atoms in total. The van der Waals surface area contributed by atoms with Gasteiger partial charge >= 0.3 is 0 Å². The summed E-state index contributed by atoms with van der Waals surface area (Å²) in [6, 6.07) is 14.5. The minimum atomic E-state index is -0.619. The van der Waals surface area contributed by atoms with Crippen molar-refractivity contribution in [3.8, 4) is 0 Å². The van der Waals surface area contributed by atoms with Crippen molar-refractivity contribution < 1.29 is 9.59 Å². The number of benzene rings is 2. The number of nitrogens with zero attached hydrogens (tertiary/aromatic N) is 4. The van der Waals surface area contributed by atoms with Crippen molar-refractivity contribution in [2.24, 2.45) is 0 Å². The summed E-state index contributed by atoms with van der Waals surface area (Å²) in [5, 5.41) is 3.38. The molecule has 2 fully saturated rings. The lowest BCUT2D eigenvalue weighted by atomic mass is 10.1. The van der Waals surface area contributed by atoms with Crippen LogP contribution in [-0.4, -0.2) is 84.0 Å². The molecule has 2 aromatic carbocycles. The van der Waals surface area contributed by atoms with Gasteiger partial charge in [0.25, 0.3) is 5.91 Å². The van der Waals surface area contributed by atoms with Gasteiger partial charge in [0.2, 0.25) is 5.91 Å². The van der Waals surface area contributed by atoms with Gasteiger partial charge in [-0.25, -0.2) is 0 Å².